The van der Waals surface area contributed by atoms with Gasteiger partial charge < -0.3 is 25.0 Å². The fraction of sp³-hybridized carbons (Fsp3) is 0.444. The van der Waals surface area contributed by atoms with Crippen LogP contribution >= 0.6 is 0 Å². The molecule has 11 heteroatoms. The number of alkyl carbamates (subject to hydrolysis) is 1. The second-order valence-corrected chi connectivity index (χ2v) is 6.69. The summed E-state index contributed by atoms with van der Waals surface area (Å²) in [4.78, 5) is 25.4. The number of hydrogen-bond acceptors (Lipinski definition) is 5. The summed E-state index contributed by atoms with van der Waals surface area (Å²) < 4.78 is 43.4. The first-order valence-corrected chi connectivity index (χ1v) is 9.02. The van der Waals surface area contributed by atoms with E-state index in [2.05, 4.69) is 11.9 Å². The number of alkyl halides is 3. The van der Waals surface area contributed by atoms with Crippen LogP contribution < -0.4 is 5.32 Å². The molecule has 1 heterocycles. The van der Waals surface area contributed by atoms with Gasteiger partial charge in [0.15, 0.2) is 0 Å². The molecule has 1 fully saturated rings. The van der Waals surface area contributed by atoms with Crippen molar-refractivity contribution < 1.29 is 37.5 Å². The van der Waals surface area contributed by atoms with E-state index in [1.807, 2.05) is 0 Å². The van der Waals surface area contributed by atoms with E-state index in [0.29, 0.717) is 19.4 Å². The molecule has 3 N–H and O–H groups in total. The van der Waals surface area contributed by atoms with Crippen LogP contribution in [0.2, 0.25) is 6.32 Å². The van der Waals surface area contributed by atoms with Crippen LogP contribution in [0.3, 0.4) is 0 Å². The highest BCUT2D eigenvalue weighted by atomic mass is 19.4. The molecule has 0 spiro atoms. The minimum Gasteiger partial charge on any atom is -0.444 e. The Labute approximate surface area is 166 Å². The van der Waals surface area contributed by atoms with Crippen molar-refractivity contribution in [3.8, 4) is 0 Å². The van der Waals surface area contributed by atoms with Gasteiger partial charge in [-0.3, -0.25) is 4.79 Å². The molecule has 7 nitrogen and oxygen atoms in total. The van der Waals surface area contributed by atoms with Gasteiger partial charge >= 0.3 is 19.4 Å². The van der Waals surface area contributed by atoms with Crippen LogP contribution in [0.5, 0.6) is 0 Å². The van der Waals surface area contributed by atoms with Crippen LogP contribution in [0.15, 0.2) is 36.9 Å². The molecule has 2 rings (SSSR count). The third-order valence-electron chi connectivity index (χ3n) is 4.52. The maximum Gasteiger partial charge on any atom is 0.453 e. The smallest absolute Gasteiger partial charge is 0.444 e. The van der Waals surface area contributed by atoms with Gasteiger partial charge in [0.2, 0.25) is 5.91 Å². The quantitative estimate of drug-likeness (QED) is 0.490. The number of ether oxygens (including phenoxy) is 1. The van der Waals surface area contributed by atoms with Gasteiger partial charge in [-0.1, -0.05) is 18.7 Å². The summed E-state index contributed by atoms with van der Waals surface area (Å²) in [5.41, 5.74) is -0.600. The van der Waals surface area contributed by atoms with Gasteiger partial charge in [0.1, 0.15) is 6.10 Å². The van der Waals surface area contributed by atoms with Gasteiger partial charge in [-0.25, -0.2) is 4.79 Å². The van der Waals surface area contributed by atoms with Gasteiger partial charge in [0.25, 0.3) is 0 Å². The van der Waals surface area contributed by atoms with Crippen LogP contribution in [0, 0.1) is 0 Å². The Hall–Kier alpha value is -2.53. The zero-order chi connectivity index (χ0) is 21.6. The van der Waals surface area contributed by atoms with Crippen LogP contribution in [-0.2, 0) is 15.7 Å². The normalized spacial score (nSPS) is 18.0. The van der Waals surface area contributed by atoms with Crippen molar-refractivity contribution in [3.63, 3.8) is 0 Å². The lowest BCUT2D eigenvalue weighted by Crippen LogP contribution is -2.44. The number of nitrogens with zero attached hydrogens (tertiary/aromatic N) is 1. The van der Waals surface area contributed by atoms with Gasteiger partial charge in [-0.15, -0.1) is 0 Å². The molecule has 1 aromatic rings. The summed E-state index contributed by atoms with van der Waals surface area (Å²) in [7, 11) is -1.79. The van der Waals surface area contributed by atoms with E-state index in [1.165, 1.54) is 11.0 Å². The third kappa shape index (κ3) is 6.79. The molecule has 0 radical (unpaired) electrons. The van der Waals surface area contributed by atoms with E-state index in [4.69, 9.17) is 4.74 Å². The minimum atomic E-state index is -4.51. The molecule has 1 saturated heterocycles. The van der Waals surface area contributed by atoms with Crippen molar-refractivity contribution >= 4 is 19.1 Å². The van der Waals surface area contributed by atoms with E-state index >= 15 is 0 Å². The van der Waals surface area contributed by atoms with Gasteiger partial charge in [-0.05, 0) is 36.6 Å². The molecule has 0 saturated carbocycles. The molecule has 0 aromatic heterocycles. The third-order valence-corrected chi connectivity index (χ3v) is 4.52. The molecule has 0 unspecified atom stereocenters. The molecule has 158 valence electrons. The van der Waals surface area contributed by atoms with Gasteiger partial charge in [0.05, 0.1) is 18.2 Å². The predicted octanol–water partition coefficient (Wildman–Crippen LogP) is 2.12. The number of nitrogens with one attached hydrogen (secondary N) is 1. The SMILES string of the molecule is C=CC(=O)N1CCC[C@H](OC(=O)N[C@H](CB(O)O)c2ccc(C(F)(F)F)cc2)C1. The molecule has 2 amide bonds. The molecular formula is C18H22BF3N2O5. The van der Waals surface area contributed by atoms with Crippen LogP contribution in [0.4, 0.5) is 18.0 Å². The number of hydrogen-bond donors (Lipinski definition) is 3. The first kappa shape index (κ1) is 22.8. The average Bonchev–Trinajstić information content (AvgIpc) is 2.66. The zero-order valence-electron chi connectivity index (χ0n) is 15.6. The molecule has 1 aliphatic heterocycles. The van der Waals surface area contributed by atoms with Gasteiger partial charge in [0, 0.05) is 12.9 Å². The topological polar surface area (TPSA) is 99.1 Å². The standard InChI is InChI=1S/C18H22BF3N2O5/c1-2-16(25)24-9-3-4-14(11-24)29-17(26)23-15(10-19(27)28)12-5-7-13(8-6-12)18(20,21)22/h2,5-8,14-15,27-28H,1,3-4,9-11H2,(H,23,26)/t14-,15+/m0/s1. The molecular weight excluding hydrogens is 392 g/mol. The van der Waals surface area contributed by atoms with E-state index in [1.54, 1.807) is 0 Å². The minimum absolute atomic E-state index is 0.200. The van der Waals surface area contributed by atoms with Crippen molar-refractivity contribution in [2.75, 3.05) is 13.1 Å². The highest BCUT2D eigenvalue weighted by Crippen LogP contribution is 2.30. The number of carbonyl (C=O) groups excluding carboxylic acids is 2. The van der Waals surface area contributed by atoms with E-state index < -0.39 is 37.1 Å². The van der Waals surface area contributed by atoms with Crippen molar-refractivity contribution in [1.82, 2.24) is 10.2 Å². The zero-order valence-corrected chi connectivity index (χ0v) is 15.6. The lowest BCUT2D eigenvalue weighted by molar-refractivity contribution is -0.137. The summed E-state index contributed by atoms with van der Waals surface area (Å²) >= 11 is 0. The Morgan fingerprint density at radius 3 is 2.55 bits per heavy atom. The lowest BCUT2D eigenvalue weighted by atomic mass is 9.79. The average molecular weight is 414 g/mol. The fourth-order valence-electron chi connectivity index (χ4n) is 3.08. The summed E-state index contributed by atoms with van der Waals surface area (Å²) in [6.45, 7) is 4.14. The number of benzene rings is 1. The largest absolute Gasteiger partial charge is 0.453 e. The molecule has 29 heavy (non-hydrogen) atoms. The molecule has 1 aliphatic rings. The molecule has 2 atom stereocenters. The Bertz CT molecular complexity index is 727. The van der Waals surface area contributed by atoms with Gasteiger partial charge in [-0.2, -0.15) is 13.2 Å². The Morgan fingerprint density at radius 1 is 1.34 bits per heavy atom. The van der Waals surface area contributed by atoms with Crippen molar-refractivity contribution in [2.45, 2.75) is 37.5 Å². The maximum absolute atomic E-state index is 12.7. The second-order valence-electron chi connectivity index (χ2n) is 6.69. The van der Waals surface area contributed by atoms with E-state index in [9.17, 15) is 32.8 Å². The highest BCUT2D eigenvalue weighted by molar-refractivity contribution is 6.41. The van der Waals surface area contributed by atoms with Crippen LogP contribution in [-0.4, -0.2) is 53.3 Å². The van der Waals surface area contributed by atoms with Crippen molar-refractivity contribution in [2.24, 2.45) is 0 Å². The number of likely N-dealkylation sites (tertiary alicyclic amines) is 1. The molecule has 0 bridgehead atoms. The second kappa shape index (κ2) is 9.79. The number of carbonyl (C=O) groups is 2. The Kier molecular flexibility index (Phi) is 7.69. The van der Waals surface area contributed by atoms with Crippen LogP contribution in [0.1, 0.15) is 30.0 Å². The Morgan fingerprint density at radius 2 is 2.00 bits per heavy atom. The number of amides is 2. The summed E-state index contributed by atoms with van der Waals surface area (Å²) in [6, 6.07) is 3.03. The fourth-order valence-corrected chi connectivity index (χ4v) is 3.08. The first-order chi connectivity index (χ1) is 13.6. The molecule has 0 aliphatic carbocycles. The van der Waals surface area contributed by atoms with Crippen molar-refractivity contribution in [1.29, 1.82) is 0 Å². The Balaban J connectivity index is 2.03. The summed E-state index contributed by atoms with van der Waals surface area (Å²) in [5.74, 6) is -0.273. The van der Waals surface area contributed by atoms with E-state index in [-0.39, 0.29) is 24.3 Å². The monoisotopic (exact) mass is 414 g/mol. The number of piperidine rings is 1. The summed E-state index contributed by atoms with van der Waals surface area (Å²) in [5, 5.41) is 21.0. The lowest BCUT2D eigenvalue weighted by Gasteiger charge is -2.32. The maximum atomic E-state index is 12.7. The number of rotatable bonds is 6. The van der Waals surface area contributed by atoms with Crippen LogP contribution in [0.25, 0.3) is 0 Å². The first-order valence-electron chi connectivity index (χ1n) is 9.02. The molecule has 1 aromatic carbocycles. The highest BCUT2D eigenvalue weighted by Gasteiger charge is 2.31. The number of halogens is 3. The summed E-state index contributed by atoms with van der Waals surface area (Å²) in [6.07, 6.45) is -3.92. The van der Waals surface area contributed by atoms with E-state index in [0.717, 1.165) is 24.3 Å². The van der Waals surface area contributed by atoms with Crippen molar-refractivity contribution in [3.05, 3.63) is 48.0 Å². The predicted molar refractivity (Wildman–Crippen MR) is 98.6 cm³/mol.